The van der Waals surface area contributed by atoms with Crippen molar-refractivity contribution in [1.29, 1.82) is 0 Å². The van der Waals surface area contributed by atoms with Crippen LogP contribution in [-0.4, -0.2) is 19.7 Å². The number of nitrogens with one attached hydrogen (secondary N) is 1. The Kier molecular flexibility index (Phi) is 2.56. The standard InChI is InChI=1S/C9H8BrNO3S/c10-6-2-1-3-7(4-6)15(13,14)9-5-8(12)11-9/h1-4,9H,5H2,(H,11,12). The van der Waals surface area contributed by atoms with E-state index in [0.29, 0.717) is 4.47 Å². The van der Waals surface area contributed by atoms with E-state index in [4.69, 9.17) is 0 Å². The second-order valence-corrected chi connectivity index (χ2v) is 6.31. The summed E-state index contributed by atoms with van der Waals surface area (Å²) in [4.78, 5) is 10.9. The van der Waals surface area contributed by atoms with Crippen LogP contribution in [0.3, 0.4) is 0 Å². The summed E-state index contributed by atoms with van der Waals surface area (Å²) in [5.74, 6) is -0.224. The molecule has 2 rings (SSSR count). The highest BCUT2D eigenvalue weighted by molar-refractivity contribution is 9.10. The summed E-state index contributed by atoms with van der Waals surface area (Å²) < 4.78 is 24.5. The normalized spacial score (nSPS) is 20.6. The highest BCUT2D eigenvalue weighted by Gasteiger charge is 2.37. The Bertz CT molecular complexity index is 504. The van der Waals surface area contributed by atoms with Gasteiger partial charge in [0.15, 0.2) is 9.84 Å². The average Bonchev–Trinajstić information content (AvgIpc) is 2.13. The van der Waals surface area contributed by atoms with Gasteiger partial charge >= 0.3 is 0 Å². The second kappa shape index (κ2) is 3.61. The molecule has 1 N–H and O–H groups in total. The highest BCUT2D eigenvalue weighted by atomic mass is 79.9. The molecule has 0 aliphatic carbocycles. The zero-order valence-electron chi connectivity index (χ0n) is 7.60. The summed E-state index contributed by atoms with van der Waals surface area (Å²) in [6.07, 6.45) is 0.0504. The van der Waals surface area contributed by atoms with Gasteiger partial charge in [0, 0.05) is 4.47 Å². The van der Waals surface area contributed by atoms with Crippen LogP contribution in [0.4, 0.5) is 0 Å². The van der Waals surface area contributed by atoms with Crippen molar-refractivity contribution in [3.8, 4) is 0 Å². The van der Waals surface area contributed by atoms with Crippen molar-refractivity contribution >= 4 is 31.7 Å². The molecule has 1 fully saturated rings. The number of benzene rings is 1. The number of amides is 1. The van der Waals surface area contributed by atoms with Crippen molar-refractivity contribution < 1.29 is 13.2 Å². The van der Waals surface area contributed by atoms with Gasteiger partial charge in [0.1, 0.15) is 5.37 Å². The first-order chi connectivity index (χ1) is 7.00. The van der Waals surface area contributed by atoms with Gasteiger partial charge in [-0.1, -0.05) is 22.0 Å². The number of carbonyl (C=O) groups excluding carboxylic acids is 1. The molecule has 80 valence electrons. The van der Waals surface area contributed by atoms with E-state index >= 15 is 0 Å². The van der Waals surface area contributed by atoms with Gasteiger partial charge in [-0.3, -0.25) is 4.79 Å². The minimum atomic E-state index is -3.42. The molecule has 0 aromatic heterocycles. The second-order valence-electron chi connectivity index (χ2n) is 3.26. The third-order valence-corrected chi connectivity index (χ3v) is 4.63. The predicted molar refractivity (Wildman–Crippen MR) is 57.9 cm³/mol. The molecule has 1 aliphatic rings. The Morgan fingerprint density at radius 2 is 2.07 bits per heavy atom. The number of sulfone groups is 1. The van der Waals surface area contributed by atoms with Crippen LogP contribution < -0.4 is 5.32 Å². The number of β-lactam (4-membered cyclic amide) rings is 1. The van der Waals surface area contributed by atoms with E-state index in [0.717, 1.165) is 0 Å². The van der Waals surface area contributed by atoms with Crippen LogP contribution in [0, 0.1) is 0 Å². The quantitative estimate of drug-likeness (QED) is 0.829. The minimum absolute atomic E-state index is 0.0504. The Morgan fingerprint density at radius 3 is 2.60 bits per heavy atom. The SMILES string of the molecule is O=C1CC(S(=O)(=O)c2cccc(Br)c2)N1. The van der Waals surface area contributed by atoms with Gasteiger partial charge in [0.2, 0.25) is 5.91 Å². The summed E-state index contributed by atoms with van der Waals surface area (Å²) >= 11 is 3.20. The van der Waals surface area contributed by atoms with Crippen molar-refractivity contribution in [2.24, 2.45) is 0 Å². The molecule has 1 aromatic rings. The molecule has 0 bridgehead atoms. The number of hydrogen-bond donors (Lipinski definition) is 1. The molecular weight excluding hydrogens is 282 g/mol. The lowest BCUT2D eigenvalue weighted by Crippen LogP contribution is -2.52. The lowest BCUT2D eigenvalue weighted by molar-refractivity contribution is -0.126. The van der Waals surface area contributed by atoms with Crippen LogP contribution in [0.25, 0.3) is 0 Å². The van der Waals surface area contributed by atoms with Crippen molar-refractivity contribution in [1.82, 2.24) is 5.32 Å². The molecule has 1 aromatic carbocycles. The fourth-order valence-electron chi connectivity index (χ4n) is 1.32. The zero-order valence-corrected chi connectivity index (χ0v) is 10.0. The zero-order chi connectivity index (χ0) is 11.1. The Labute approximate surface area is 95.7 Å². The van der Waals surface area contributed by atoms with Crippen LogP contribution >= 0.6 is 15.9 Å². The van der Waals surface area contributed by atoms with Crippen LogP contribution in [0.15, 0.2) is 33.6 Å². The first kappa shape index (κ1) is 10.6. The van der Waals surface area contributed by atoms with Crippen molar-refractivity contribution in [2.75, 3.05) is 0 Å². The number of halogens is 1. The maximum Gasteiger partial charge on any atom is 0.224 e. The lowest BCUT2D eigenvalue weighted by atomic mass is 10.3. The van der Waals surface area contributed by atoms with Crippen molar-refractivity contribution in [3.63, 3.8) is 0 Å². The van der Waals surface area contributed by atoms with E-state index in [2.05, 4.69) is 21.2 Å². The van der Waals surface area contributed by atoms with Gasteiger partial charge in [-0.05, 0) is 18.2 Å². The Morgan fingerprint density at radius 1 is 1.40 bits per heavy atom. The molecule has 1 aliphatic heterocycles. The summed E-state index contributed by atoms with van der Waals surface area (Å²) in [6.45, 7) is 0. The molecule has 0 saturated carbocycles. The minimum Gasteiger partial charge on any atom is -0.339 e. The van der Waals surface area contributed by atoms with Gasteiger partial charge in [-0.2, -0.15) is 0 Å². The molecule has 15 heavy (non-hydrogen) atoms. The van der Waals surface area contributed by atoms with Gasteiger partial charge in [0.25, 0.3) is 0 Å². The van der Waals surface area contributed by atoms with E-state index in [1.54, 1.807) is 12.1 Å². The first-order valence-corrected chi connectivity index (χ1v) is 6.63. The molecule has 1 unspecified atom stereocenters. The van der Waals surface area contributed by atoms with Gasteiger partial charge in [0.05, 0.1) is 11.3 Å². The summed E-state index contributed by atoms with van der Waals surface area (Å²) in [7, 11) is -3.42. The molecule has 1 amide bonds. The Hall–Kier alpha value is -0.880. The fourth-order valence-corrected chi connectivity index (χ4v) is 3.42. The van der Waals surface area contributed by atoms with E-state index in [9.17, 15) is 13.2 Å². The van der Waals surface area contributed by atoms with Gasteiger partial charge in [-0.25, -0.2) is 8.42 Å². The van der Waals surface area contributed by atoms with E-state index in [1.165, 1.54) is 12.1 Å². The van der Waals surface area contributed by atoms with Crippen LogP contribution in [0.2, 0.25) is 0 Å². The van der Waals surface area contributed by atoms with Crippen LogP contribution in [-0.2, 0) is 14.6 Å². The molecule has 1 atom stereocenters. The van der Waals surface area contributed by atoms with E-state index in [1.807, 2.05) is 0 Å². The molecule has 0 radical (unpaired) electrons. The van der Waals surface area contributed by atoms with Crippen molar-refractivity contribution in [2.45, 2.75) is 16.7 Å². The fraction of sp³-hybridized carbons (Fsp3) is 0.222. The number of rotatable bonds is 2. The van der Waals surface area contributed by atoms with Crippen molar-refractivity contribution in [3.05, 3.63) is 28.7 Å². The molecule has 1 heterocycles. The number of carbonyl (C=O) groups is 1. The van der Waals surface area contributed by atoms with Gasteiger partial charge in [-0.15, -0.1) is 0 Å². The van der Waals surface area contributed by atoms with Gasteiger partial charge < -0.3 is 5.32 Å². The molecule has 6 heteroatoms. The molecule has 4 nitrogen and oxygen atoms in total. The van der Waals surface area contributed by atoms with Crippen LogP contribution in [0.1, 0.15) is 6.42 Å². The average molecular weight is 290 g/mol. The first-order valence-electron chi connectivity index (χ1n) is 4.29. The molecule has 0 spiro atoms. The molecule has 1 saturated heterocycles. The lowest BCUT2D eigenvalue weighted by Gasteiger charge is -2.26. The highest BCUT2D eigenvalue weighted by Crippen LogP contribution is 2.23. The Balaban J connectivity index is 2.34. The maximum absolute atomic E-state index is 11.9. The summed E-state index contributed by atoms with van der Waals surface area (Å²) in [6, 6.07) is 6.44. The third kappa shape index (κ3) is 1.91. The van der Waals surface area contributed by atoms with Crippen LogP contribution in [0.5, 0.6) is 0 Å². The van der Waals surface area contributed by atoms with E-state index < -0.39 is 15.2 Å². The predicted octanol–water partition coefficient (Wildman–Crippen LogP) is 1.07. The summed E-state index contributed by atoms with van der Waals surface area (Å²) in [5, 5.41) is 1.59. The third-order valence-electron chi connectivity index (χ3n) is 2.19. The summed E-state index contributed by atoms with van der Waals surface area (Å²) in [5.41, 5.74) is 0. The van der Waals surface area contributed by atoms with E-state index in [-0.39, 0.29) is 17.2 Å². The smallest absolute Gasteiger partial charge is 0.224 e. The molecular formula is C9H8BrNO3S. The topological polar surface area (TPSA) is 63.2 Å². The largest absolute Gasteiger partial charge is 0.339 e. The monoisotopic (exact) mass is 289 g/mol. The number of hydrogen-bond acceptors (Lipinski definition) is 3. The maximum atomic E-state index is 11.9.